The largest absolute Gasteiger partial charge is 0.386 e. The van der Waals surface area contributed by atoms with Crippen LogP contribution >= 0.6 is 15.9 Å². The summed E-state index contributed by atoms with van der Waals surface area (Å²) in [5, 5.41) is 6.54. The Morgan fingerprint density at radius 2 is 2.05 bits per heavy atom. The SMILES string of the molecule is Cc1cc(Br)ccc1NC(=O)CO/N=C/c1ccccc1. The van der Waals surface area contributed by atoms with Gasteiger partial charge in [0, 0.05) is 10.2 Å². The van der Waals surface area contributed by atoms with Crippen molar-refractivity contribution < 1.29 is 9.63 Å². The number of carbonyl (C=O) groups excluding carboxylic acids is 1. The number of oxime groups is 1. The van der Waals surface area contributed by atoms with Crippen molar-refractivity contribution in [1.29, 1.82) is 0 Å². The van der Waals surface area contributed by atoms with Crippen molar-refractivity contribution in [3.8, 4) is 0 Å². The number of aryl methyl sites for hydroxylation is 1. The molecule has 1 amide bonds. The number of anilines is 1. The number of halogens is 1. The maximum atomic E-state index is 11.7. The molecule has 0 heterocycles. The zero-order chi connectivity index (χ0) is 15.1. The Balaban J connectivity index is 1.81. The molecule has 21 heavy (non-hydrogen) atoms. The van der Waals surface area contributed by atoms with E-state index in [0.29, 0.717) is 0 Å². The third-order valence-corrected chi connectivity index (χ3v) is 3.23. The van der Waals surface area contributed by atoms with Crippen LogP contribution in [0.4, 0.5) is 5.69 Å². The van der Waals surface area contributed by atoms with E-state index >= 15 is 0 Å². The summed E-state index contributed by atoms with van der Waals surface area (Å²) in [5.41, 5.74) is 2.66. The van der Waals surface area contributed by atoms with Crippen LogP contribution in [0.5, 0.6) is 0 Å². The lowest BCUT2D eigenvalue weighted by molar-refractivity contribution is -0.120. The van der Waals surface area contributed by atoms with E-state index in [0.717, 1.165) is 21.3 Å². The lowest BCUT2D eigenvalue weighted by Crippen LogP contribution is -2.17. The molecule has 2 rings (SSSR count). The zero-order valence-electron chi connectivity index (χ0n) is 11.5. The first kappa shape index (κ1) is 15.3. The van der Waals surface area contributed by atoms with Gasteiger partial charge in [0.2, 0.25) is 0 Å². The van der Waals surface area contributed by atoms with Gasteiger partial charge < -0.3 is 10.2 Å². The molecule has 0 saturated heterocycles. The molecule has 0 atom stereocenters. The van der Waals surface area contributed by atoms with Gasteiger partial charge in [0.25, 0.3) is 5.91 Å². The molecule has 2 aromatic rings. The minimum atomic E-state index is -0.245. The molecule has 108 valence electrons. The Bertz CT molecular complexity index is 642. The van der Waals surface area contributed by atoms with Crippen molar-refractivity contribution in [3.05, 3.63) is 64.1 Å². The first-order valence-electron chi connectivity index (χ1n) is 6.41. The van der Waals surface area contributed by atoms with Crippen molar-refractivity contribution in [2.45, 2.75) is 6.92 Å². The molecule has 0 aliphatic rings. The van der Waals surface area contributed by atoms with Crippen LogP contribution in [0.2, 0.25) is 0 Å². The highest BCUT2D eigenvalue weighted by atomic mass is 79.9. The molecular formula is C16H15BrN2O2. The third kappa shape index (κ3) is 5.04. The van der Waals surface area contributed by atoms with Gasteiger partial charge in [0.15, 0.2) is 6.61 Å². The number of carbonyl (C=O) groups is 1. The second-order valence-corrected chi connectivity index (χ2v) is 5.34. The molecule has 0 aromatic heterocycles. The summed E-state index contributed by atoms with van der Waals surface area (Å²) >= 11 is 3.38. The van der Waals surface area contributed by atoms with Gasteiger partial charge in [-0.05, 0) is 36.2 Å². The van der Waals surface area contributed by atoms with Gasteiger partial charge in [0.05, 0.1) is 6.21 Å². The van der Waals surface area contributed by atoms with E-state index < -0.39 is 0 Å². The number of hydrogen-bond acceptors (Lipinski definition) is 3. The van der Waals surface area contributed by atoms with E-state index in [-0.39, 0.29) is 12.5 Å². The van der Waals surface area contributed by atoms with Crippen LogP contribution in [0.1, 0.15) is 11.1 Å². The van der Waals surface area contributed by atoms with Crippen molar-refractivity contribution >= 4 is 33.7 Å². The van der Waals surface area contributed by atoms with Crippen LogP contribution in [0.15, 0.2) is 58.2 Å². The summed E-state index contributed by atoms with van der Waals surface area (Å²) in [6.45, 7) is 1.80. The Labute approximate surface area is 131 Å². The van der Waals surface area contributed by atoms with Crippen LogP contribution in [0.25, 0.3) is 0 Å². The van der Waals surface area contributed by atoms with Crippen LogP contribution in [-0.4, -0.2) is 18.7 Å². The molecule has 0 radical (unpaired) electrons. The van der Waals surface area contributed by atoms with E-state index in [2.05, 4.69) is 26.4 Å². The average molecular weight is 347 g/mol. The predicted molar refractivity (Wildman–Crippen MR) is 87.5 cm³/mol. The summed E-state index contributed by atoms with van der Waals surface area (Å²) < 4.78 is 0.974. The topological polar surface area (TPSA) is 50.7 Å². The highest BCUT2D eigenvalue weighted by molar-refractivity contribution is 9.10. The van der Waals surface area contributed by atoms with Gasteiger partial charge in [-0.15, -0.1) is 0 Å². The fourth-order valence-electron chi connectivity index (χ4n) is 1.69. The van der Waals surface area contributed by atoms with E-state index in [9.17, 15) is 4.79 Å². The van der Waals surface area contributed by atoms with Gasteiger partial charge in [-0.25, -0.2) is 0 Å². The van der Waals surface area contributed by atoms with Crippen molar-refractivity contribution in [2.75, 3.05) is 11.9 Å². The molecule has 0 saturated carbocycles. The fourth-order valence-corrected chi connectivity index (χ4v) is 2.16. The van der Waals surface area contributed by atoms with E-state index in [1.165, 1.54) is 0 Å². The Morgan fingerprint density at radius 3 is 2.76 bits per heavy atom. The van der Waals surface area contributed by atoms with Crippen molar-refractivity contribution in [2.24, 2.45) is 5.16 Å². The number of hydrogen-bond donors (Lipinski definition) is 1. The number of nitrogens with one attached hydrogen (secondary N) is 1. The summed E-state index contributed by atoms with van der Waals surface area (Å²) in [7, 11) is 0. The third-order valence-electron chi connectivity index (χ3n) is 2.73. The summed E-state index contributed by atoms with van der Waals surface area (Å²) in [5.74, 6) is -0.245. The van der Waals surface area contributed by atoms with Crippen LogP contribution in [0.3, 0.4) is 0 Å². The number of rotatable bonds is 5. The molecule has 0 spiro atoms. The van der Waals surface area contributed by atoms with Crippen LogP contribution in [-0.2, 0) is 9.63 Å². The maximum Gasteiger partial charge on any atom is 0.265 e. The highest BCUT2D eigenvalue weighted by Gasteiger charge is 2.05. The Hall–Kier alpha value is -2.14. The minimum absolute atomic E-state index is 0.126. The number of amides is 1. The molecule has 2 aromatic carbocycles. The lowest BCUT2D eigenvalue weighted by Gasteiger charge is -2.07. The lowest BCUT2D eigenvalue weighted by atomic mass is 10.2. The molecular weight excluding hydrogens is 332 g/mol. The second-order valence-electron chi connectivity index (χ2n) is 4.43. The molecule has 0 aliphatic heterocycles. The van der Waals surface area contributed by atoms with Gasteiger partial charge >= 0.3 is 0 Å². The molecule has 1 N–H and O–H groups in total. The molecule has 0 aliphatic carbocycles. The van der Waals surface area contributed by atoms with E-state index in [1.807, 2.05) is 55.5 Å². The fraction of sp³-hybridized carbons (Fsp3) is 0.125. The summed E-state index contributed by atoms with van der Waals surface area (Å²) in [6, 6.07) is 15.2. The first-order valence-corrected chi connectivity index (χ1v) is 7.21. The standard InChI is InChI=1S/C16H15BrN2O2/c1-12-9-14(17)7-8-15(12)19-16(20)11-21-18-10-13-5-3-2-4-6-13/h2-10H,11H2,1H3,(H,19,20)/b18-10+. The normalized spacial score (nSPS) is 10.6. The first-order chi connectivity index (χ1) is 10.1. The zero-order valence-corrected chi connectivity index (χ0v) is 13.1. The average Bonchev–Trinajstić information content (AvgIpc) is 2.48. The summed E-state index contributed by atoms with van der Waals surface area (Å²) in [4.78, 5) is 16.7. The number of benzene rings is 2. The van der Waals surface area contributed by atoms with Crippen LogP contribution < -0.4 is 5.32 Å². The maximum absolute atomic E-state index is 11.7. The van der Waals surface area contributed by atoms with Gasteiger partial charge in [-0.1, -0.05) is 51.4 Å². The molecule has 0 fully saturated rings. The summed E-state index contributed by atoms with van der Waals surface area (Å²) in [6.07, 6.45) is 1.57. The number of nitrogens with zero attached hydrogens (tertiary/aromatic N) is 1. The highest BCUT2D eigenvalue weighted by Crippen LogP contribution is 2.19. The van der Waals surface area contributed by atoms with Crippen LogP contribution in [0, 0.1) is 6.92 Å². The van der Waals surface area contributed by atoms with Crippen molar-refractivity contribution in [3.63, 3.8) is 0 Å². The molecule has 0 unspecified atom stereocenters. The Kier molecular flexibility index (Phi) is 5.51. The Morgan fingerprint density at radius 1 is 1.29 bits per heavy atom. The second kappa shape index (κ2) is 7.59. The van der Waals surface area contributed by atoms with E-state index in [4.69, 9.17) is 4.84 Å². The van der Waals surface area contributed by atoms with Gasteiger partial charge in [0.1, 0.15) is 0 Å². The van der Waals surface area contributed by atoms with Crippen molar-refractivity contribution in [1.82, 2.24) is 0 Å². The van der Waals surface area contributed by atoms with Gasteiger partial charge in [-0.3, -0.25) is 4.79 Å². The van der Waals surface area contributed by atoms with E-state index in [1.54, 1.807) is 6.21 Å². The predicted octanol–water partition coefficient (Wildman–Crippen LogP) is 3.75. The monoisotopic (exact) mass is 346 g/mol. The molecule has 0 bridgehead atoms. The molecule has 5 heteroatoms. The molecule has 4 nitrogen and oxygen atoms in total. The smallest absolute Gasteiger partial charge is 0.265 e. The minimum Gasteiger partial charge on any atom is -0.386 e. The quantitative estimate of drug-likeness (QED) is 0.662. The van der Waals surface area contributed by atoms with Gasteiger partial charge in [-0.2, -0.15) is 0 Å².